The van der Waals surface area contributed by atoms with Crippen molar-refractivity contribution in [3.8, 4) is 11.8 Å². The molecule has 8 heteroatoms. The summed E-state index contributed by atoms with van der Waals surface area (Å²) in [6, 6.07) is 20.6. The molecule has 2 aliphatic heterocycles. The van der Waals surface area contributed by atoms with Gasteiger partial charge in [-0.25, -0.2) is 0 Å². The van der Waals surface area contributed by atoms with Gasteiger partial charge in [0.1, 0.15) is 17.4 Å². The molecule has 35 heavy (non-hydrogen) atoms. The molecule has 1 unspecified atom stereocenters. The molecule has 0 saturated heterocycles. The molecule has 0 radical (unpaired) electrons. The summed E-state index contributed by atoms with van der Waals surface area (Å²) in [5.41, 5.74) is 6.82. The van der Waals surface area contributed by atoms with Crippen molar-refractivity contribution in [2.45, 2.75) is 25.4 Å². The van der Waals surface area contributed by atoms with Gasteiger partial charge in [0.15, 0.2) is 5.41 Å². The van der Waals surface area contributed by atoms with Crippen LogP contribution in [0, 0.1) is 18.3 Å². The summed E-state index contributed by atoms with van der Waals surface area (Å²) in [5.74, 6) is -0.411. The first kappa shape index (κ1) is 22.4. The summed E-state index contributed by atoms with van der Waals surface area (Å²) in [6.45, 7) is 2.65. The monoisotopic (exact) mass is 468 g/mol. The highest BCUT2D eigenvalue weighted by molar-refractivity contribution is 6.14. The quantitative estimate of drug-likeness (QED) is 0.617. The maximum Gasteiger partial charge on any atom is 0.259 e. The highest BCUT2D eigenvalue weighted by Gasteiger charge is 2.60. The lowest BCUT2D eigenvalue weighted by Gasteiger charge is -2.34. The fourth-order valence-electron chi connectivity index (χ4n) is 5.10. The number of fused-ring (bicyclic) bond motifs is 4. The van der Waals surface area contributed by atoms with Crippen LogP contribution in [0.3, 0.4) is 0 Å². The maximum atomic E-state index is 14.4. The zero-order valence-corrected chi connectivity index (χ0v) is 19.4. The summed E-state index contributed by atoms with van der Waals surface area (Å²) < 4.78 is 12.5. The number of carbonyl (C=O) groups excluding carboxylic acids is 1. The second-order valence-corrected chi connectivity index (χ2v) is 8.57. The van der Waals surface area contributed by atoms with Crippen LogP contribution in [0.15, 0.2) is 76.9 Å². The fraction of sp³-hybridized carbons (Fsp3) is 0.222. The van der Waals surface area contributed by atoms with E-state index in [1.807, 2.05) is 42.5 Å². The van der Waals surface area contributed by atoms with Crippen molar-refractivity contribution in [3.05, 3.63) is 105 Å². The van der Waals surface area contributed by atoms with Crippen LogP contribution in [0.5, 0.6) is 5.75 Å². The number of carbonyl (C=O) groups is 1. The van der Waals surface area contributed by atoms with Gasteiger partial charge in [0.2, 0.25) is 11.8 Å². The second-order valence-electron chi connectivity index (χ2n) is 8.57. The van der Waals surface area contributed by atoms with Crippen LogP contribution in [0.4, 0.5) is 5.69 Å². The number of hydrogen-bond donors (Lipinski definition) is 1. The Labute approximate surface area is 202 Å². The van der Waals surface area contributed by atoms with Gasteiger partial charge in [-0.15, -0.1) is 0 Å². The molecule has 1 aromatic heterocycles. The van der Waals surface area contributed by atoms with Crippen LogP contribution in [0.2, 0.25) is 0 Å². The van der Waals surface area contributed by atoms with Crippen LogP contribution in [-0.4, -0.2) is 24.2 Å². The van der Waals surface area contributed by atoms with Gasteiger partial charge in [-0.05, 0) is 18.6 Å². The molecular formula is C27H24N4O4. The molecule has 2 N–H and O–H groups in total. The Morgan fingerprint density at radius 1 is 1.11 bits per heavy atom. The Morgan fingerprint density at radius 2 is 1.83 bits per heavy atom. The Hall–Kier alpha value is -4.35. The van der Waals surface area contributed by atoms with E-state index >= 15 is 0 Å². The van der Waals surface area contributed by atoms with E-state index in [4.69, 9.17) is 15.2 Å². The standard InChI is InChI=1S/C27H24N4O4/c1-17-14-22-23(25(32)30(17)12-13-34-2)27(20(15-28)24(29)35-22)19-10-6-7-11-21(19)31(26(27)33)16-18-8-4-3-5-9-18/h3-11,14H,12-13,16,29H2,1-2H3. The van der Waals surface area contributed by atoms with Gasteiger partial charge in [0, 0.05) is 36.7 Å². The average Bonchev–Trinajstić information content (AvgIpc) is 3.08. The number of hydrogen-bond acceptors (Lipinski definition) is 6. The third kappa shape index (κ3) is 3.16. The highest BCUT2D eigenvalue weighted by atomic mass is 16.5. The SMILES string of the molecule is COCCn1c(C)cc2c(c1=O)C1(C(=O)N(Cc3ccccc3)c3ccccc31)C(C#N)=C(N)O2. The Kier molecular flexibility index (Phi) is 5.42. The van der Waals surface area contributed by atoms with Crippen molar-refractivity contribution >= 4 is 11.6 Å². The van der Waals surface area contributed by atoms with Gasteiger partial charge in [-0.2, -0.15) is 5.26 Å². The lowest BCUT2D eigenvalue weighted by atomic mass is 9.69. The molecule has 176 valence electrons. The minimum absolute atomic E-state index is 0.0859. The smallest absolute Gasteiger partial charge is 0.259 e. The van der Waals surface area contributed by atoms with Crippen molar-refractivity contribution in [1.82, 2.24) is 4.57 Å². The third-order valence-electron chi connectivity index (χ3n) is 6.67. The summed E-state index contributed by atoms with van der Waals surface area (Å²) in [5, 5.41) is 10.2. The number of aryl methyl sites for hydroxylation is 1. The zero-order valence-electron chi connectivity index (χ0n) is 19.4. The minimum atomic E-state index is -1.71. The number of anilines is 1. The molecule has 2 aromatic carbocycles. The number of ether oxygens (including phenoxy) is 2. The predicted molar refractivity (Wildman–Crippen MR) is 130 cm³/mol. The number of rotatable bonds is 5. The second kappa shape index (κ2) is 8.46. The van der Waals surface area contributed by atoms with E-state index in [-0.39, 0.29) is 35.9 Å². The largest absolute Gasteiger partial charge is 0.440 e. The molecule has 3 aromatic rings. The Bertz CT molecular complexity index is 1470. The van der Waals surface area contributed by atoms with Crippen molar-refractivity contribution < 1.29 is 14.3 Å². The molecule has 1 amide bonds. The molecular weight excluding hydrogens is 444 g/mol. The van der Waals surface area contributed by atoms with Crippen LogP contribution in [0.1, 0.15) is 22.4 Å². The van der Waals surface area contributed by atoms with Gasteiger partial charge in [-0.3, -0.25) is 9.59 Å². The van der Waals surface area contributed by atoms with Gasteiger partial charge in [0.25, 0.3) is 5.56 Å². The number of pyridine rings is 1. The van der Waals surface area contributed by atoms with E-state index in [1.54, 1.807) is 41.7 Å². The fourth-order valence-corrected chi connectivity index (χ4v) is 5.10. The molecule has 2 aliphatic rings. The number of benzene rings is 2. The number of nitrogens with two attached hydrogens (primary N) is 1. The van der Waals surface area contributed by atoms with Gasteiger partial charge < -0.3 is 24.7 Å². The van der Waals surface area contributed by atoms with Crippen molar-refractivity contribution in [1.29, 1.82) is 5.26 Å². The lowest BCUT2D eigenvalue weighted by Crippen LogP contribution is -2.50. The van der Waals surface area contributed by atoms with Crippen molar-refractivity contribution in [3.63, 3.8) is 0 Å². The highest BCUT2D eigenvalue weighted by Crippen LogP contribution is 2.54. The molecule has 0 saturated carbocycles. The third-order valence-corrected chi connectivity index (χ3v) is 6.67. The van der Waals surface area contributed by atoms with E-state index in [0.29, 0.717) is 23.6 Å². The van der Waals surface area contributed by atoms with Gasteiger partial charge in [-0.1, -0.05) is 48.5 Å². The number of methoxy groups -OCH3 is 1. The first-order chi connectivity index (χ1) is 16.9. The van der Waals surface area contributed by atoms with E-state index in [9.17, 15) is 14.9 Å². The summed E-state index contributed by atoms with van der Waals surface area (Å²) in [6.07, 6.45) is 0. The molecule has 8 nitrogen and oxygen atoms in total. The van der Waals surface area contributed by atoms with E-state index in [1.165, 1.54) is 0 Å². The van der Waals surface area contributed by atoms with E-state index in [0.717, 1.165) is 5.56 Å². The van der Waals surface area contributed by atoms with Crippen LogP contribution in [0.25, 0.3) is 0 Å². The van der Waals surface area contributed by atoms with Gasteiger partial charge in [0.05, 0.1) is 18.7 Å². The minimum Gasteiger partial charge on any atom is -0.440 e. The number of aromatic nitrogens is 1. The maximum absolute atomic E-state index is 14.4. The molecule has 1 atom stereocenters. The van der Waals surface area contributed by atoms with Crippen LogP contribution >= 0.6 is 0 Å². The first-order valence-electron chi connectivity index (χ1n) is 11.2. The topological polar surface area (TPSA) is 111 Å². The molecule has 5 rings (SSSR count). The van der Waals surface area contributed by atoms with Crippen LogP contribution < -0.4 is 20.9 Å². The number of nitrogens with zero attached hydrogens (tertiary/aromatic N) is 3. The normalized spacial score (nSPS) is 18.3. The molecule has 1 spiro atoms. The Balaban J connectivity index is 1.82. The Morgan fingerprint density at radius 3 is 2.54 bits per heavy atom. The predicted octanol–water partition coefficient (Wildman–Crippen LogP) is 2.72. The zero-order chi connectivity index (χ0) is 24.7. The van der Waals surface area contributed by atoms with Crippen molar-refractivity contribution in [2.75, 3.05) is 18.6 Å². The summed E-state index contributed by atoms with van der Waals surface area (Å²) in [4.78, 5) is 30.0. The number of nitriles is 1. The van der Waals surface area contributed by atoms with Crippen LogP contribution in [-0.2, 0) is 28.0 Å². The van der Waals surface area contributed by atoms with E-state index in [2.05, 4.69) is 6.07 Å². The lowest BCUT2D eigenvalue weighted by molar-refractivity contribution is -0.121. The molecule has 0 bridgehead atoms. The van der Waals surface area contributed by atoms with E-state index < -0.39 is 16.9 Å². The average molecular weight is 469 g/mol. The molecule has 0 fully saturated rings. The first-order valence-corrected chi connectivity index (χ1v) is 11.2. The summed E-state index contributed by atoms with van der Waals surface area (Å²) >= 11 is 0. The summed E-state index contributed by atoms with van der Waals surface area (Å²) in [7, 11) is 1.55. The number of amides is 1. The molecule has 3 heterocycles. The van der Waals surface area contributed by atoms with Crippen molar-refractivity contribution in [2.24, 2.45) is 5.73 Å². The number of para-hydroxylation sites is 1. The van der Waals surface area contributed by atoms with Gasteiger partial charge >= 0.3 is 0 Å². The molecule has 0 aliphatic carbocycles.